The molecule has 1 aromatic carbocycles. The number of hydrogen-bond donors (Lipinski definition) is 2. The van der Waals surface area contributed by atoms with Gasteiger partial charge in [-0.25, -0.2) is 4.79 Å². The molecule has 1 saturated heterocycles. The summed E-state index contributed by atoms with van der Waals surface area (Å²) in [5, 5.41) is 9.52. The molecule has 0 spiro atoms. The van der Waals surface area contributed by atoms with Gasteiger partial charge >= 0.3 is 5.97 Å². The van der Waals surface area contributed by atoms with Crippen molar-refractivity contribution in [2.75, 3.05) is 30.3 Å². The molecule has 1 heterocycles. The third-order valence-electron chi connectivity index (χ3n) is 3.06. The third-order valence-corrected chi connectivity index (χ3v) is 3.06. The molecule has 2 rings (SSSR count). The molecule has 0 amide bonds. The molecule has 1 aromatic rings. The number of β-amino-alcohol motifs (C(OH)–C–C–N with tert-alkyl or cyclic N) is 1. The Hall–Kier alpha value is -1.75. The number of carbonyl (C=O) groups excluding carboxylic acids is 1. The maximum absolute atomic E-state index is 11.7. The van der Waals surface area contributed by atoms with Crippen LogP contribution in [0.25, 0.3) is 0 Å². The van der Waals surface area contributed by atoms with Gasteiger partial charge in [-0.05, 0) is 31.5 Å². The smallest absolute Gasteiger partial charge is 0.340 e. The summed E-state index contributed by atoms with van der Waals surface area (Å²) in [7, 11) is 0. The second kappa shape index (κ2) is 5.27. The molecule has 18 heavy (non-hydrogen) atoms. The van der Waals surface area contributed by atoms with Crippen LogP contribution < -0.4 is 10.6 Å². The van der Waals surface area contributed by atoms with Crippen LogP contribution >= 0.6 is 0 Å². The minimum absolute atomic E-state index is 0.298. The van der Waals surface area contributed by atoms with E-state index in [1.54, 1.807) is 19.1 Å². The summed E-state index contributed by atoms with van der Waals surface area (Å²) in [6.07, 6.45) is 0.452. The summed E-state index contributed by atoms with van der Waals surface area (Å²) in [5.41, 5.74) is 7.47. The first-order valence-electron chi connectivity index (χ1n) is 6.11. The van der Waals surface area contributed by atoms with Crippen molar-refractivity contribution < 1.29 is 14.6 Å². The number of anilines is 2. The van der Waals surface area contributed by atoms with Gasteiger partial charge in [0, 0.05) is 24.5 Å². The van der Waals surface area contributed by atoms with Crippen LogP contribution in [0, 0.1) is 0 Å². The Labute approximate surface area is 106 Å². The molecule has 3 N–H and O–H groups in total. The van der Waals surface area contributed by atoms with E-state index in [4.69, 9.17) is 10.5 Å². The van der Waals surface area contributed by atoms with Crippen molar-refractivity contribution in [1.82, 2.24) is 0 Å². The quantitative estimate of drug-likeness (QED) is 0.618. The molecule has 5 nitrogen and oxygen atoms in total. The highest BCUT2D eigenvalue weighted by Gasteiger charge is 2.22. The Morgan fingerprint density at radius 3 is 3.00 bits per heavy atom. The third kappa shape index (κ3) is 2.56. The SMILES string of the molecule is CCOC(=O)c1cc(N2CCC(O)C2)ccc1N. The average Bonchev–Trinajstić information content (AvgIpc) is 2.77. The first-order valence-corrected chi connectivity index (χ1v) is 6.11. The molecule has 1 atom stereocenters. The van der Waals surface area contributed by atoms with Crippen molar-refractivity contribution in [3.63, 3.8) is 0 Å². The summed E-state index contributed by atoms with van der Waals surface area (Å²) < 4.78 is 4.96. The topological polar surface area (TPSA) is 75.8 Å². The lowest BCUT2D eigenvalue weighted by molar-refractivity contribution is 0.0527. The molecule has 98 valence electrons. The molecule has 0 aliphatic carbocycles. The summed E-state index contributed by atoms with van der Waals surface area (Å²) in [6, 6.07) is 5.29. The van der Waals surface area contributed by atoms with Crippen LogP contribution in [-0.2, 0) is 4.74 Å². The minimum atomic E-state index is -0.406. The fraction of sp³-hybridized carbons (Fsp3) is 0.462. The molecular weight excluding hydrogens is 232 g/mol. The van der Waals surface area contributed by atoms with Crippen molar-refractivity contribution in [2.45, 2.75) is 19.4 Å². The van der Waals surface area contributed by atoms with Crippen LogP contribution in [0.5, 0.6) is 0 Å². The van der Waals surface area contributed by atoms with Gasteiger partial charge in [0.25, 0.3) is 0 Å². The van der Waals surface area contributed by atoms with E-state index >= 15 is 0 Å². The zero-order chi connectivity index (χ0) is 13.1. The fourth-order valence-corrected chi connectivity index (χ4v) is 2.10. The van der Waals surface area contributed by atoms with Gasteiger partial charge in [0.15, 0.2) is 0 Å². The second-order valence-corrected chi connectivity index (χ2v) is 4.38. The first-order chi connectivity index (χ1) is 8.61. The van der Waals surface area contributed by atoms with Gasteiger partial charge in [-0.15, -0.1) is 0 Å². The summed E-state index contributed by atoms with van der Waals surface area (Å²) >= 11 is 0. The van der Waals surface area contributed by atoms with Crippen LogP contribution in [0.15, 0.2) is 18.2 Å². The Bertz CT molecular complexity index is 448. The molecule has 0 saturated carbocycles. The number of nitrogens with two attached hydrogens (primary N) is 1. The Balaban J connectivity index is 2.23. The van der Waals surface area contributed by atoms with Crippen molar-refractivity contribution >= 4 is 17.3 Å². The lowest BCUT2D eigenvalue weighted by Gasteiger charge is -2.19. The highest BCUT2D eigenvalue weighted by Crippen LogP contribution is 2.25. The summed E-state index contributed by atoms with van der Waals surface area (Å²) in [4.78, 5) is 13.8. The predicted octanol–water partition coefficient (Wildman–Crippen LogP) is 1.02. The van der Waals surface area contributed by atoms with Crippen molar-refractivity contribution in [1.29, 1.82) is 0 Å². The minimum Gasteiger partial charge on any atom is -0.462 e. The molecule has 1 aliphatic heterocycles. The van der Waals surface area contributed by atoms with Gasteiger partial charge in [-0.2, -0.15) is 0 Å². The number of benzene rings is 1. The van der Waals surface area contributed by atoms with Crippen LogP contribution in [0.3, 0.4) is 0 Å². The monoisotopic (exact) mass is 250 g/mol. The Morgan fingerprint density at radius 1 is 1.61 bits per heavy atom. The number of esters is 1. The molecule has 0 aromatic heterocycles. The van der Waals surface area contributed by atoms with E-state index < -0.39 is 5.97 Å². The van der Waals surface area contributed by atoms with Crippen LogP contribution in [0.1, 0.15) is 23.7 Å². The van der Waals surface area contributed by atoms with Gasteiger partial charge in [0.2, 0.25) is 0 Å². The molecule has 1 aliphatic rings. The van der Waals surface area contributed by atoms with E-state index in [-0.39, 0.29) is 6.10 Å². The summed E-state index contributed by atoms with van der Waals surface area (Å²) in [5.74, 6) is -0.406. The largest absolute Gasteiger partial charge is 0.462 e. The maximum atomic E-state index is 11.7. The first kappa shape index (κ1) is 12.7. The molecule has 1 fully saturated rings. The number of carbonyl (C=O) groups is 1. The zero-order valence-corrected chi connectivity index (χ0v) is 10.4. The highest BCUT2D eigenvalue weighted by molar-refractivity contribution is 5.96. The van der Waals surface area contributed by atoms with Gasteiger partial charge in [-0.3, -0.25) is 0 Å². The number of aliphatic hydroxyl groups excluding tert-OH is 1. The Kier molecular flexibility index (Phi) is 3.72. The molecule has 1 unspecified atom stereocenters. The predicted molar refractivity (Wildman–Crippen MR) is 69.6 cm³/mol. The lowest BCUT2D eigenvalue weighted by atomic mass is 10.1. The van der Waals surface area contributed by atoms with Gasteiger partial charge < -0.3 is 20.5 Å². The maximum Gasteiger partial charge on any atom is 0.340 e. The van der Waals surface area contributed by atoms with E-state index in [0.717, 1.165) is 18.7 Å². The van der Waals surface area contributed by atoms with E-state index in [2.05, 4.69) is 0 Å². The summed E-state index contributed by atoms with van der Waals surface area (Å²) in [6.45, 7) is 3.46. The molecule has 0 radical (unpaired) electrons. The number of hydrogen-bond acceptors (Lipinski definition) is 5. The number of ether oxygens (including phenoxy) is 1. The lowest BCUT2D eigenvalue weighted by Crippen LogP contribution is -2.21. The number of nitrogens with zero attached hydrogens (tertiary/aromatic N) is 1. The number of rotatable bonds is 3. The van der Waals surface area contributed by atoms with Crippen molar-refractivity contribution in [3.05, 3.63) is 23.8 Å². The second-order valence-electron chi connectivity index (χ2n) is 4.38. The fourth-order valence-electron chi connectivity index (χ4n) is 2.10. The number of aliphatic hydroxyl groups is 1. The van der Waals surface area contributed by atoms with Crippen LogP contribution in [-0.4, -0.2) is 36.9 Å². The molecular formula is C13H18N2O3. The van der Waals surface area contributed by atoms with Gasteiger partial charge in [-0.1, -0.05) is 0 Å². The van der Waals surface area contributed by atoms with E-state index in [1.165, 1.54) is 0 Å². The van der Waals surface area contributed by atoms with E-state index in [0.29, 0.717) is 24.4 Å². The van der Waals surface area contributed by atoms with Crippen molar-refractivity contribution in [2.24, 2.45) is 0 Å². The zero-order valence-electron chi connectivity index (χ0n) is 10.4. The van der Waals surface area contributed by atoms with Crippen LogP contribution in [0.2, 0.25) is 0 Å². The normalized spacial score (nSPS) is 19.0. The highest BCUT2D eigenvalue weighted by atomic mass is 16.5. The molecule has 0 bridgehead atoms. The van der Waals surface area contributed by atoms with Crippen LogP contribution in [0.4, 0.5) is 11.4 Å². The standard InChI is InChI=1S/C13H18N2O3/c1-2-18-13(17)11-7-9(3-4-12(11)14)15-6-5-10(16)8-15/h3-4,7,10,16H,2,5-6,8,14H2,1H3. The van der Waals surface area contributed by atoms with E-state index in [9.17, 15) is 9.90 Å². The Morgan fingerprint density at radius 2 is 2.39 bits per heavy atom. The molecule has 5 heteroatoms. The van der Waals surface area contributed by atoms with E-state index in [1.807, 2.05) is 11.0 Å². The van der Waals surface area contributed by atoms with Gasteiger partial charge in [0.05, 0.1) is 18.3 Å². The van der Waals surface area contributed by atoms with Crippen molar-refractivity contribution in [3.8, 4) is 0 Å². The van der Waals surface area contributed by atoms with Gasteiger partial charge in [0.1, 0.15) is 0 Å². The number of nitrogen functional groups attached to an aromatic ring is 1. The average molecular weight is 250 g/mol.